The highest BCUT2D eigenvalue weighted by molar-refractivity contribution is 7.14. The first-order valence-corrected chi connectivity index (χ1v) is 8.88. The van der Waals surface area contributed by atoms with Gasteiger partial charge in [-0.25, -0.2) is 14.8 Å². The number of hydrogen-bond acceptors (Lipinski definition) is 7. The van der Waals surface area contributed by atoms with E-state index in [9.17, 15) is 9.90 Å². The van der Waals surface area contributed by atoms with Crippen LogP contribution in [0.15, 0.2) is 23.6 Å². The van der Waals surface area contributed by atoms with E-state index in [2.05, 4.69) is 15.3 Å². The molecular formula is C18H19N3O4S. The number of carbonyl (C=O) groups excluding carboxylic acids is 1. The van der Waals surface area contributed by atoms with E-state index < -0.39 is 6.09 Å². The van der Waals surface area contributed by atoms with Crippen LogP contribution in [0, 0.1) is 6.92 Å². The van der Waals surface area contributed by atoms with Gasteiger partial charge in [-0.05, 0) is 32.9 Å². The highest BCUT2D eigenvalue weighted by Crippen LogP contribution is 2.34. The van der Waals surface area contributed by atoms with E-state index in [0.717, 1.165) is 5.56 Å². The fourth-order valence-corrected chi connectivity index (χ4v) is 3.21. The molecule has 0 saturated carbocycles. The van der Waals surface area contributed by atoms with Crippen molar-refractivity contribution < 1.29 is 19.4 Å². The van der Waals surface area contributed by atoms with Crippen LogP contribution in [0.1, 0.15) is 19.4 Å². The average molecular weight is 373 g/mol. The third-order valence-electron chi connectivity index (χ3n) is 3.70. The van der Waals surface area contributed by atoms with Crippen molar-refractivity contribution >= 4 is 33.5 Å². The van der Waals surface area contributed by atoms with Gasteiger partial charge in [0.05, 0.1) is 24.4 Å². The van der Waals surface area contributed by atoms with Crippen molar-refractivity contribution in [1.29, 1.82) is 0 Å². The molecule has 0 bridgehead atoms. The molecule has 136 valence electrons. The zero-order valence-electron chi connectivity index (χ0n) is 14.9. The number of aryl methyl sites for hydroxylation is 1. The first kappa shape index (κ1) is 17.9. The van der Waals surface area contributed by atoms with Crippen LogP contribution >= 0.6 is 11.3 Å². The number of ether oxygens (including phenoxy) is 2. The molecule has 1 aromatic carbocycles. The molecule has 2 aromatic heterocycles. The number of methoxy groups -OCH3 is 1. The number of pyridine rings is 1. The number of aromatic hydroxyl groups is 1. The second-order valence-corrected chi connectivity index (χ2v) is 6.79. The molecule has 7 nitrogen and oxygen atoms in total. The number of rotatable bonds is 4. The first-order valence-electron chi connectivity index (χ1n) is 8.00. The molecule has 8 heteroatoms. The van der Waals surface area contributed by atoms with Gasteiger partial charge in [-0.2, -0.15) is 0 Å². The van der Waals surface area contributed by atoms with Crippen LogP contribution < -0.4 is 10.1 Å². The Bertz CT molecular complexity index is 968. The summed E-state index contributed by atoms with van der Waals surface area (Å²) >= 11 is 1.25. The van der Waals surface area contributed by atoms with Crippen molar-refractivity contribution in [3.05, 3.63) is 29.1 Å². The van der Waals surface area contributed by atoms with Gasteiger partial charge >= 0.3 is 6.09 Å². The summed E-state index contributed by atoms with van der Waals surface area (Å²) in [6, 6.07) is 5.12. The number of hydrogen-bond donors (Lipinski definition) is 2. The maximum Gasteiger partial charge on any atom is 0.413 e. The fraction of sp³-hybridized carbons (Fsp3) is 0.278. The van der Waals surface area contributed by atoms with Gasteiger partial charge in [0.15, 0.2) is 5.13 Å². The van der Waals surface area contributed by atoms with E-state index >= 15 is 0 Å². The zero-order chi connectivity index (χ0) is 18.8. The Balaban J connectivity index is 1.96. The lowest BCUT2D eigenvalue weighted by atomic mass is 10.1. The third-order valence-corrected chi connectivity index (χ3v) is 4.46. The van der Waals surface area contributed by atoms with Crippen LogP contribution in [0.4, 0.5) is 9.93 Å². The molecule has 0 aliphatic heterocycles. The smallest absolute Gasteiger partial charge is 0.413 e. The molecule has 2 N–H and O–H groups in total. The average Bonchev–Trinajstić information content (AvgIpc) is 3.03. The molecule has 3 rings (SSSR count). The van der Waals surface area contributed by atoms with Crippen LogP contribution in [0.5, 0.6) is 11.5 Å². The van der Waals surface area contributed by atoms with Gasteiger partial charge in [0.25, 0.3) is 0 Å². The summed E-state index contributed by atoms with van der Waals surface area (Å²) in [5.41, 5.74) is 2.53. The van der Waals surface area contributed by atoms with Gasteiger partial charge in [-0.3, -0.25) is 5.32 Å². The minimum atomic E-state index is -0.559. The minimum Gasteiger partial charge on any atom is -0.507 e. The van der Waals surface area contributed by atoms with E-state index in [1.165, 1.54) is 11.3 Å². The summed E-state index contributed by atoms with van der Waals surface area (Å²) < 4.78 is 10.4. The van der Waals surface area contributed by atoms with Gasteiger partial charge in [0.2, 0.25) is 0 Å². The summed E-state index contributed by atoms with van der Waals surface area (Å²) in [5, 5.41) is 15.7. The Hall–Kier alpha value is -2.87. The molecular weight excluding hydrogens is 354 g/mol. The van der Waals surface area contributed by atoms with E-state index in [0.29, 0.717) is 33.2 Å². The van der Waals surface area contributed by atoms with E-state index in [1.54, 1.807) is 44.5 Å². The SMILES string of the molecule is COc1ccc2c(O)cc(-c3csc(NC(=O)OC(C)C)n3)nc2c1C. The summed E-state index contributed by atoms with van der Waals surface area (Å²) in [6.45, 7) is 5.42. The summed E-state index contributed by atoms with van der Waals surface area (Å²) in [5.74, 6) is 0.802. The predicted octanol–water partition coefficient (Wildman–Crippen LogP) is 4.34. The van der Waals surface area contributed by atoms with Gasteiger partial charge < -0.3 is 14.6 Å². The molecule has 0 radical (unpaired) electrons. The minimum absolute atomic E-state index is 0.109. The Kier molecular flexibility index (Phi) is 4.94. The molecule has 0 aliphatic carbocycles. The lowest BCUT2D eigenvalue weighted by Gasteiger charge is -2.10. The molecule has 0 spiro atoms. The molecule has 0 aliphatic rings. The van der Waals surface area contributed by atoms with Crippen LogP contribution in [-0.2, 0) is 4.74 Å². The molecule has 0 saturated heterocycles. The van der Waals surface area contributed by atoms with Crippen molar-refractivity contribution in [2.24, 2.45) is 0 Å². The lowest BCUT2D eigenvalue weighted by Crippen LogP contribution is -2.17. The number of nitrogens with zero attached hydrogens (tertiary/aromatic N) is 2. The molecule has 2 heterocycles. The number of amides is 1. The molecule has 1 amide bonds. The number of thiazole rings is 1. The number of fused-ring (bicyclic) bond motifs is 1. The number of anilines is 1. The largest absolute Gasteiger partial charge is 0.507 e. The molecule has 3 aromatic rings. The van der Waals surface area contributed by atoms with Gasteiger partial charge in [-0.15, -0.1) is 11.3 Å². The van der Waals surface area contributed by atoms with Crippen molar-refractivity contribution in [3.63, 3.8) is 0 Å². The molecule has 0 unspecified atom stereocenters. The maximum absolute atomic E-state index is 11.7. The highest BCUT2D eigenvalue weighted by Gasteiger charge is 2.15. The topological polar surface area (TPSA) is 93.6 Å². The fourth-order valence-electron chi connectivity index (χ4n) is 2.52. The number of benzene rings is 1. The van der Waals surface area contributed by atoms with Gasteiger partial charge in [0, 0.05) is 22.4 Å². The molecule has 0 fully saturated rings. The highest BCUT2D eigenvalue weighted by atomic mass is 32.1. The Morgan fingerprint density at radius 3 is 2.73 bits per heavy atom. The third kappa shape index (κ3) is 3.55. The maximum atomic E-state index is 11.7. The zero-order valence-corrected chi connectivity index (χ0v) is 15.7. The Morgan fingerprint density at radius 1 is 1.27 bits per heavy atom. The quantitative estimate of drug-likeness (QED) is 0.707. The second kappa shape index (κ2) is 7.17. The van der Waals surface area contributed by atoms with Crippen LogP contribution in [0.3, 0.4) is 0 Å². The van der Waals surface area contributed by atoms with E-state index in [4.69, 9.17) is 9.47 Å². The molecule has 0 atom stereocenters. The second-order valence-electron chi connectivity index (χ2n) is 5.93. The predicted molar refractivity (Wildman–Crippen MR) is 101 cm³/mol. The van der Waals surface area contributed by atoms with Crippen LogP contribution in [0.2, 0.25) is 0 Å². The van der Waals surface area contributed by atoms with E-state index in [1.807, 2.05) is 6.92 Å². The number of nitrogens with one attached hydrogen (secondary N) is 1. The standard InChI is InChI=1S/C18H19N3O4S/c1-9(2)25-18(23)21-17-20-13(8-26-17)12-7-14(22)11-5-6-15(24-4)10(3)16(11)19-12/h5-9H,1-4H3,(H,19,22)(H,20,21,23). The summed E-state index contributed by atoms with van der Waals surface area (Å²) in [6.07, 6.45) is -0.776. The summed E-state index contributed by atoms with van der Waals surface area (Å²) in [4.78, 5) is 20.6. The van der Waals surface area contributed by atoms with Crippen molar-refractivity contribution in [2.45, 2.75) is 26.9 Å². The van der Waals surface area contributed by atoms with E-state index in [-0.39, 0.29) is 11.9 Å². The van der Waals surface area contributed by atoms with Crippen molar-refractivity contribution in [2.75, 3.05) is 12.4 Å². The lowest BCUT2D eigenvalue weighted by molar-refractivity contribution is 0.130. The summed E-state index contributed by atoms with van der Waals surface area (Å²) in [7, 11) is 1.59. The van der Waals surface area contributed by atoms with Crippen molar-refractivity contribution in [3.8, 4) is 22.9 Å². The monoisotopic (exact) mass is 373 g/mol. The molecule has 26 heavy (non-hydrogen) atoms. The van der Waals surface area contributed by atoms with Gasteiger partial charge in [0.1, 0.15) is 17.2 Å². The number of carbonyl (C=O) groups is 1. The van der Waals surface area contributed by atoms with Crippen molar-refractivity contribution in [1.82, 2.24) is 9.97 Å². The Labute approximate surface area is 154 Å². The van der Waals surface area contributed by atoms with Crippen LogP contribution in [0.25, 0.3) is 22.3 Å². The number of aromatic nitrogens is 2. The normalized spacial score (nSPS) is 11.0. The van der Waals surface area contributed by atoms with Gasteiger partial charge in [-0.1, -0.05) is 0 Å². The first-order chi connectivity index (χ1) is 12.4. The Morgan fingerprint density at radius 2 is 2.04 bits per heavy atom. The van der Waals surface area contributed by atoms with Crippen LogP contribution in [-0.4, -0.2) is 34.4 Å².